The lowest BCUT2D eigenvalue weighted by atomic mass is 10.2. The van der Waals surface area contributed by atoms with Gasteiger partial charge in [0.15, 0.2) is 0 Å². The zero-order valence-electron chi connectivity index (χ0n) is 7.14. The van der Waals surface area contributed by atoms with Gasteiger partial charge in [0.2, 0.25) is 0 Å². The number of alkyl halides is 6. The minimum Gasteiger partial charge on any atom is -0.171 e. The molecule has 92 valence electrons. The Kier molecular flexibility index (Phi) is 7.90. The van der Waals surface area contributed by atoms with Gasteiger partial charge in [0.05, 0.1) is 0 Å². The lowest BCUT2D eigenvalue weighted by molar-refractivity contribution is -0.157. The lowest BCUT2D eigenvalue weighted by Gasteiger charge is -2.07. The highest BCUT2D eigenvalue weighted by molar-refractivity contribution is 7.30. The van der Waals surface area contributed by atoms with E-state index in [9.17, 15) is 26.3 Å². The molecule has 0 amide bonds. The first-order valence-electron chi connectivity index (χ1n) is 3.42. The molecule has 2 N–H and O–H groups in total. The van der Waals surface area contributed by atoms with Crippen LogP contribution in [0.2, 0.25) is 0 Å². The average Bonchev–Trinajstić information content (AvgIpc) is 1.77. The van der Waals surface area contributed by atoms with Crippen LogP contribution in [-0.2, 0) is 4.57 Å². The molecule has 0 heterocycles. The molecule has 0 saturated heterocycles. The van der Waals surface area contributed by atoms with E-state index in [0.717, 1.165) is 0 Å². The molecule has 0 aromatic heterocycles. The Morgan fingerprint density at radius 2 is 1.07 bits per heavy atom. The molecule has 0 aliphatic carbocycles. The standard InChI is InChI=1S/C5H6F6.HO3P/c6-4(7,8)2-1-3-5(9,10)11;1-4(2)3/h1-3H2;(H-,1,2,3)/p+1. The molecule has 0 saturated carbocycles. The highest BCUT2D eigenvalue weighted by atomic mass is 31.1. The molecule has 0 aromatic carbocycles. The smallest absolute Gasteiger partial charge is 0.171 e. The fourth-order valence-electron chi connectivity index (χ4n) is 0.489. The Balaban J connectivity index is 0. The molecule has 0 aliphatic rings. The van der Waals surface area contributed by atoms with Crippen molar-refractivity contribution in [2.75, 3.05) is 0 Å². The van der Waals surface area contributed by atoms with Crippen LogP contribution in [0.4, 0.5) is 26.3 Å². The van der Waals surface area contributed by atoms with E-state index in [1.165, 1.54) is 0 Å². The first kappa shape index (κ1) is 17.0. The highest BCUT2D eigenvalue weighted by Crippen LogP contribution is 2.27. The van der Waals surface area contributed by atoms with Crippen molar-refractivity contribution in [3.63, 3.8) is 0 Å². The lowest BCUT2D eigenvalue weighted by Crippen LogP contribution is -2.11. The number of rotatable bonds is 2. The van der Waals surface area contributed by atoms with Crippen LogP contribution in [0.25, 0.3) is 0 Å². The molecule has 0 unspecified atom stereocenters. The van der Waals surface area contributed by atoms with Crippen molar-refractivity contribution >= 4 is 8.25 Å². The van der Waals surface area contributed by atoms with Crippen LogP contribution in [0.1, 0.15) is 19.3 Å². The number of hydrogen-bond acceptors (Lipinski definition) is 1. The summed E-state index contributed by atoms with van der Waals surface area (Å²) in [5, 5.41) is 0. The van der Waals surface area contributed by atoms with Crippen molar-refractivity contribution < 1.29 is 40.7 Å². The third kappa shape index (κ3) is 31.7. The first-order valence-corrected chi connectivity index (χ1v) is 4.59. The zero-order valence-corrected chi connectivity index (χ0v) is 8.03. The molecule has 0 spiro atoms. The summed E-state index contributed by atoms with van der Waals surface area (Å²) in [5.41, 5.74) is 0. The van der Waals surface area contributed by atoms with E-state index >= 15 is 0 Å². The van der Waals surface area contributed by atoms with Gasteiger partial charge < -0.3 is 0 Å². The summed E-state index contributed by atoms with van der Waals surface area (Å²) in [7, 11) is -2.87. The second kappa shape index (κ2) is 6.97. The molecule has 0 fully saturated rings. The van der Waals surface area contributed by atoms with Gasteiger partial charge >= 0.3 is 20.6 Å². The first-order chi connectivity index (χ1) is 6.44. The second-order valence-electron chi connectivity index (χ2n) is 2.34. The molecule has 15 heavy (non-hydrogen) atoms. The Bertz CT molecular complexity index is 170. The SMILES string of the molecule is FC(F)(F)CCCC(F)(F)F.O=[P+](O)O. The molecule has 0 bridgehead atoms. The number of hydrogen-bond donors (Lipinski definition) is 2. The van der Waals surface area contributed by atoms with E-state index in [2.05, 4.69) is 0 Å². The normalized spacial score (nSPS) is 11.7. The maximum atomic E-state index is 11.3. The molecule has 0 atom stereocenters. The van der Waals surface area contributed by atoms with Crippen molar-refractivity contribution in [1.82, 2.24) is 0 Å². The monoisotopic (exact) mass is 261 g/mol. The summed E-state index contributed by atoms with van der Waals surface area (Å²) in [6.45, 7) is 0. The highest BCUT2D eigenvalue weighted by Gasteiger charge is 2.31. The molecule has 3 nitrogen and oxygen atoms in total. The minimum atomic E-state index is -4.48. The van der Waals surface area contributed by atoms with Crippen molar-refractivity contribution in [2.45, 2.75) is 31.6 Å². The summed E-state index contributed by atoms with van der Waals surface area (Å²) in [5.74, 6) is 0. The van der Waals surface area contributed by atoms with Gasteiger partial charge in [-0.3, -0.25) is 0 Å². The van der Waals surface area contributed by atoms with Gasteiger partial charge in [0.1, 0.15) is 0 Å². The maximum absolute atomic E-state index is 11.3. The summed E-state index contributed by atoms with van der Waals surface area (Å²) >= 11 is 0. The van der Waals surface area contributed by atoms with Crippen LogP contribution in [-0.4, -0.2) is 22.1 Å². The van der Waals surface area contributed by atoms with Gasteiger partial charge in [-0.25, -0.2) is 0 Å². The van der Waals surface area contributed by atoms with E-state index < -0.39 is 39.9 Å². The summed E-state index contributed by atoms with van der Waals surface area (Å²) in [4.78, 5) is 14.2. The Morgan fingerprint density at radius 3 is 1.20 bits per heavy atom. The van der Waals surface area contributed by atoms with Crippen molar-refractivity contribution in [2.24, 2.45) is 0 Å². The molecular formula is C5H8F6O3P+. The van der Waals surface area contributed by atoms with Crippen LogP contribution in [0.15, 0.2) is 0 Å². The van der Waals surface area contributed by atoms with Gasteiger partial charge in [-0.2, -0.15) is 26.3 Å². The van der Waals surface area contributed by atoms with Gasteiger partial charge in [-0.05, 0) is 6.42 Å². The van der Waals surface area contributed by atoms with Crippen molar-refractivity contribution in [3.05, 3.63) is 0 Å². The average molecular weight is 261 g/mol. The van der Waals surface area contributed by atoms with Gasteiger partial charge in [-0.15, -0.1) is 9.79 Å². The quantitative estimate of drug-likeness (QED) is 0.593. The largest absolute Gasteiger partial charge is 0.692 e. The van der Waals surface area contributed by atoms with Crippen LogP contribution >= 0.6 is 8.25 Å². The van der Waals surface area contributed by atoms with Crippen LogP contribution in [0.5, 0.6) is 0 Å². The third-order valence-electron chi connectivity index (χ3n) is 0.921. The predicted octanol–water partition coefficient (Wildman–Crippen LogP) is 2.91. The topological polar surface area (TPSA) is 57.5 Å². The van der Waals surface area contributed by atoms with E-state index in [4.69, 9.17) is 14.4 Å². The van der Waals surface area contributed by atoms with E-state index in [1.807, 2.05) is 0 Å². The van der Waals surface area contributed by atoms with Gasteiger partial charge in [0, 0.05) is 17.4 Å². The van der Waals surface area contributed by atoms with Crippen LogP contribution in [0.3, 0.4) is 0 Å². The Hall–Kier alpha value is -0.400. The summed E-state index contributed by atoms with van der Waals surface area (Å²) in [6, 6.07) is 0. The molecular weight excluding hydrogens is 253 g/mol. The Labute approximate surface area is 81.7 Å². The molecule has 0 aromatic rings. The van der Waals surface area contributed by atoms with E-state index in [-0.39, 0.29) is 0 Å². The van der Waals surface area contributed by atoms with E-state index in [0.29, 0.717) is 0 Å². The van der Waals surface area contributed by atoms with E-state index in [1.54, 1.807) is 0 Å². The molecule has 10 heteroatoms. The number of halogens is 6. The fraction of sp³-hybridized carbons (Fsp3) is 1.00. The Morgan fingerprint density at radius 1 is 0.867 bits per heavy atom. The zero-order chi connectivity index (χ0) is 12.7. The summed E-state index contributed by atoms with van der Waals surface area (Å²) < 4.78 is 76.3. The van der Waals surface area contributed by atoms with Crippen molar-refractivity contribution in [3.8, 4) is 0 Å². The van der Waals surface area contributed by atoms with Gasteiger partial charge in [-0.1, -0.05) is 0 Å². The van der Waals surface area contributed by atoms with Crippen LogP contribution < -0.4 is 0 Å². The third-order valence-corrected chi connectivity index (χ3v) is 0.921. The molecule has 0 rings (SSSR count). The molecule has 0 aliphatic heterocycles. The molecule has 0 radical (unpaired) electrons. The van der Waals surface area contributed by atoms with Gasteiger partial charge in [0.25, 0.3) is 0 Å². The minimum absolute atomic E-state index is 0.882. The van der Waals surface area contributed by atoms with Crippen molar-refractivity contribution in [1.29, 1.82) is 0 Å². The summed E-state index contributed by atoms with van der Waals surface area (Å²) in [6.07, 6.45) is -12.6. The predicted molar refractivity (Wildman–Crippen MR) is 38.0 cm³/mol. The second-order valence-corrected chi connectivity index (χ2v) is 2.84. The maximum Gasteiger partial charge on any atom is 0.692 e. The van der Waals surface area contributed by atoms with Crippen LogP contribution in [0, 0.1) is 0 Å². The fourth-order valence-corrected chi connectivity index (χ4v) is 0.489.